The number of nitrogens with one attached hydrogen (secondary N) is 2. The molecule has 0 saturated carbocycles. The van der Waals surface area contributed by atoms with Crippen LogP contribution in [-0.4, -0.2) is 12.5 Å². The third kappa shape index (κ3) is 6.43. The number of alkyl halides is 3. The second kappa shape index (κ2) is 8.22. The van der Waals surface area contributed by atoms with Crippen molar-refractivity contribution in [3.05, 3.63) is 41.6 Å². The van der Waals surface area contributed by atoms with Crippen LogP contribution >= 0.6 is 0 Å². The third-order valence-electron chi connectivity index (χ3n) is 2.93. The average Bonchev–Trinajstić information content (AvgIpc) is 2.46. The molecule has 4 nitrogen and oxygen atoms in total. The van der Waals surface area contributed by atoms with Crippen molar-refractivity contribution < 1.29 is 18.0 Å². The van der Waals surface area contributed by atoms with Crippen molar-refractivity contribution in [3.8, 4) is 6.07 Å². The summed E-state index contributed by atoms with van der Waals surface area (Å²) in [4.78, 5) is 11.9. The van der Waals surface area contributed by atoms with Gasteiger partial charge in [-0.3, -0.25) is 4.79 Å². The lowest BCUT2D eigenvalue weighted by atomic mass is 10.1. The quantitative estimate of drug-likeness (QED) is 0.476. The highest BCUT2D eigenvalue weighted by atomic mass is 19.4. The molecule has 1 aromatic carbocycles. The van der Waals surface area contributed by atoms with Crippen LogP contribution in [-0.2, 0) is 11.0 Å². The Morgan fingerprint density at radius 3 is 2.65 bits per heavy atom. The summed E-state index contributed by atoms with van der Waals surface area (Å²) in [5, 5.41) is 14.1. The summed E-state index contributed by atoms with van der Waals surface area (Å²) < 4.78 is 37.8. The normalized spacial score (nSPS) is 12.0. The molecular weight excluding hydrogens is 307 g/mol. The number of nitriles is 1. The van der Waals surface area contributed by atoms with Gasteiger partial charge in [-0.2, -0.15) is 18.4 Å². The van der Waals surface area contributed by atoms with Crippen LogP contribution in [0.1, 0.15) is 25.8 Å². The summed E-state index contributed by atoms with van der Waals surface area (Å²) >= 11 is 0. The highest BCUT2D eigenvalue weighted by molar-refractivity contribution is 6.06. The number of carbonyl (C=O) groups excluding carboxylic acids is 1. The Bertz CT molecular complexity index is 616. The summed E-state index contributed by atoms with van der Waals surface area (Å²) in [7, 11) is 0. The predicted molar refractivity (Wildman–Crippen MR) is 81.2 cm³/mol. The molecule has 0 atom stereocenters. The van der Waals surface area contributed by atoms with Crippen LogP contribution in [0.4, 0.5) is 18.9 Å². The molecule has 0 aliphatic rings. The molecule has 0 heterocycles. The second-order valence-electron chi connectivity index (χ2n) is 5.34. The Morgan fingerprint density at radius 1 is 1.39 bits per heavy atom. The van der Waals surface area contributed by atoms with Gasteiger partial charge in [0.25, 0.3) is 5.91 Å². The molecule has 0 aliphatic carbocycles. The van der Waals surface area contributed by atoms with Crippen molar-refractivity contribution in [2.75, 3.05) is 11.9 Å². The number of amides is 1. The maximum atomic E-state index is 12.6. The number of nitrogens with zero attached hydrogens (tertiary/aromatic N) is 1. The Hall–Kier alpha value is -2.49. The molecular formula is C16H18F3N3O. The highest BCUT2D eigenvalue weighted by Crippen LogP contribution is 2.30. The van der Waals surface area contributed by atoms with Crippen molar-refractivity contribution in [1.82, 2.24) is 5.32 Å². The van der Waals surface area contributed by atoms with Crippen molar-refractivity contribution in [1.29, 1.82) is 5.26 Å². The molecule has 0 radical (unpaired) electrons. The molecule has 0 spiro atoms. The molecule has 0 bridgehead atoms. The van der Waals surface area contributed by atoms with Gasteiger partial charge in [0.1, 0.15) is 11.6 Å². The fraction of sp³-hybridized carbons (Fsp3) is 0.375. The van der Waals surface area contributed by atoms with Crippen LogP contribution < -0.4 is 10.6 Å². The summed E-state index contributed by atoms with van der Waals surface area (Å²) in [6.07, 6.45) is -2.36. The molecule has 1 aromatic rings. The Kier molecular flexibility index (Phi) is 6.64. The largest absolute Gasteiger partial charge is 0.416 e. The minimum Gasteiger partial charge on any atom is -0.390 e. The van der Waals surface area contributed by atoms with E-state index in [2.05, 4.69) is 10.6 Å². The zero-order valence-electron chi connectivity index (χ0n) is 12.9. The molecule has 0 saturated heterocycles. The van der Waals surface area contributed by atoms with E-state index in [1.54, 1.807) is 6.07 Å². The van der Waals surface area contributed by atoms with Gasteiger partial charge in [0.15, 0.2) is 0 Å². The van der Waals surface area contributed by atoms with E-state index in [1.807, 2.05) is 13.8 Å². The number of rotatable bonds is 6. The lowest BCUT2D eigenvalue weighted by Gasteiger charge is -2.10. The predicted octanol–water partition coefficient (Wildman–Crippen LogP) is 3.69. The zero-order chi connectivity index (χ0) is 17.5. The molecule has 7 heteroatoms. The van der Waals surface area contributed by atoms with E-state index in [0.29, 0.717) is 12.5 Å². The Balaban J connectivity index is 2.74. The fourth-order valence-electron chi connectivity index (χ4n) is 1.67. The first-order valence-electron chi connectivity index (χ1n) is 7.06. The van der Waals surface area contributed by atoms with Gasteiger partial charge in [-0.1, -0.05) is 19.9 Å². The van der Waals surface area contributed by atoms with Crippen molar-refractivity contribution in [2.24, 2.45) is 5.92 Å². The molecule has 0 fully saturated rings. The standard InChI is InChI=1S/C16H18F3N3O/c1-11(2)6-7-21-10-12(9-20)15(23)22-14-5-3-4-13(8-14)16(17,18)19/h3-5,8,10-11,21H,6-7H2,1-2H3,(H,22,23)/b12-10-. The molecule has 124 valence electrons. The van der Waals surface area contributed by atoms with Gasteiger partial charge in [-0.15, -0.1) is 0 Å². The van der Waals surface area contributed by atoms with E-state index >= 15 is 0 Å². The molecule has 2 N–H and O–H groups in total. The molecule has 23 heavy (non-hydrogen) atoms. The van der Waals surface area contributed by atoms with E-state index < -0.39 is 17.6 Å². The minimum atomic E-state index is -4.49. The van der Waals surface area contributed by atoms with E-state index in [4.69, 9.17) is 5.26 Å². The first-order valence-corrected chi connectivity index (χ1v) is 7.06. The highest BCUT2D eigenvalue weighted by Gasteiger charge is 2.30. The minimum absolute atomic E-state index is 0.0202. The third-order valence-corrected chi connectivity index (χ3v) is 2.93. The molecule has 1 amide bonds. The summed E-state index contributed by atoms with van der Waals surface area (Å²) in [5.74, 6) is -0.288. The maximum absolute atomic E-state index is 12.6. The van der Waals surface area contributed by atoms with Gasteiger partial charge in [0.05, 0.1) is 5.56 Å². The number of carbonyl (C=O) groups is 1. The van der Waals surface area contributed by atoms with Crippen LogP contribution in [0, 0.1) is 17.2 Å². The van der Waals surface area contributed by atoms with E-state index in [1.165, 1.54) is 18.3 Å². The van der Waals surface area contributed by atoms with Gasteiger partial charge in [-0.05, 0) is 30.5 Å². The van der Waals surface area contributed by atoms with Gasteiger partial charge in [0, 0.05) is 18.4 Å². The van der Waals surface area contributed by atoms with Crippen LogP contribution in [0.3, 0.4) is 0 Å². The average molecular weight is 325 g/mol. The number of hydrogen-bond acceptors (Lipinski definition) is 3. The number of anilines is 1. The van der Waals surface area contributed by atoms with Crippen LogP contribution in [0.5, 0.6) is 0 Å². The molecule has 0 aliphatic heterocycles. The topological polar surface area (TPSA) is 64.9 Å². The lowest BCUT2D eigenvalue weighted by molar-refractivity contribution is -0.137. The number of hydrogen-bond donors (Lipinski definition) is 2. The van der Waals surface area contributed by atoms with Gasteiger partial charge < -0.3 is 10.6 Å². The SMILES string of the molecule is CC(C)CCN/C=C(/C#N)C(=O)Nc1cccc(C(F)(F)F)c1. The van der Waals surface area contributed by atoms with E-state index in [0.717, 1.165) is 18.6 Å². The molecule has 1 rings (SSSR count). The van der Waals surface area contributed by atoms with Crippen molar-refractivity contribution in [2.45, 2.75) is 26.4 Å². The Labute approximate surface area is 133 Å². The first-order chi connectivity index (χ1) is 10.7. The summed E-state index contributed by atoms with van der Waals surface area (Å²) in [5.41, 5.74) is -1.09. The number of benzene rings is 1. The fourth-order valence-corrected chi connectivity index (χ4v) is 1.67. The van der Waals surface area contributed by atoms with Crippen molar-refractivity contribution >= 4 is 11.6 Å². The first kappa shape index (κ1) is 18.6. The summed E-state index contributed by atoms with van der Waals surface area (Å²) in [6.45, 7) is 4.67. The van der Waals surface area contributed by atoms with E-state index in [9.17, 15) is 18.0 Å². The van der Waals surface area contributed by atoms with Gasteiger partial charge >= 0.3 is 6.18 Å². The van der Waals surface area contributed by atoms with Crippen LogP contribution in [0.2, 0.25) is 0 Å². The lowest BCUT2D eigenvalue weighted by Crippen LogP contribution is -2.18. The zero-order valence-corrected chi connectivity index (χ0v) is 12.9. The monoisotopic (exact) mass is 325 g/mol. The summed E-state index contributed by atoms with van der Waals surface area (Å²) in [6, 6.07) is 5.96. The number of halogens is 3. The molecule has 0 aromatic heterocycles. The maximum Gasteiger partial charge on any atom is 0.416 e. The molecule has 0 unspecified atom stereocenters. The van der Waals surface area contributed by atoms with E-state index in [-0.39, 0.29) is 11.3 Å². The smallest absolute Gasteiger partial charge is 0.390 e. The van der Waals surface area contributed by atoms with Crippen molar-refractivity contribution in [3.63, 3.8) is 0 Å². The van der Waals surface area contributed by atoms with Gasteiger partial charge in [-0.25, -0.2) is 0 Å². The van der Waals surface area contributed by atoms with Gasteiger partial charge in [0.2, 0.25) is 0 Å². The van der Waals surface area contributed by atoms with Crippen LogP contribution in [0.25, 0.3) is 0 Å². The second-order valence-corrected chi connectivity index (χ2v) is 5.34. The Morgan fingerprint density at radius 2 is 2.09 bits per heavy atom. The van der Waals surface area contributed by atoms with Crippen LogP contribution in [0.15, 0.2) is 36.0 Å².